The fourth-order valence-corrected chi connectivity index (χ4v) is 5.14. The van der Waals surface area contributed by atoms with E-state index in [0.717, 1.165) is 25.7 Å². The first-order valence-electron chi connectivity index (χ1n) is 6.55. The van der Waals surface area contributed by atoms with Gasteiger partial charge in [0, 0.05) is 0 Å². The van der Waals surface area contributed by atoms with Crippen molar-refractivity contribution in [1.82, 2.24) is 0 Å². The van der Waals surface area contributed by atoms with Gasteiger partial charge in [-0.2, -0.15) is 0 Å². The Labute approximate surface area is 107 Å². The molecule has 0 radical (unpaired) electrons. The van der Waals surface area contributed by atoms with Crippen molar-refractivity contribution in [3.05, 3.63) is 0 Å². The first-order chi connectivity index (χ1) is 8.58. The maximum absolute atomic E-state index is 9.37. The second-order valence-corrected chi connectivity index (χ2v) is 8.67. The van der Waals surface area contributed by atoms with E-state index in [1.54, 1.807) is 0 Å². The molecule has 3 aliphatic heterocycles. The summed E-state index contributed by atoms with van der Waals surface area (Å²) in [4.78, 5) is 0. The van der Waals surface area contributed by atoms with Crippen molar-refractivity contribution in [3.63, 3.8) is 0 Å². The Hall–Kier alpha value is 0.190. The van der Waals surface area contributed by atoms with Crippen molar-refractivity contribution < 1.29 is 28.9 Å². The van der Waals surface area contributed by atoms with Gasteiger partial charge in [-0.25, -0.2) is 0 Å². The van der Waals surface area contributed by atoms with Crippen LogP contribution in [-0.2, 0) is 13.6 Å². The van der Waals surface area contributed by atoms with Crippen molar-refractivity contribution in [2.24, 2.45) is 5.92 Å². The van der Waals surface area contributed by atoms with Gasteiger partial charge in [-0.3, -0.25) is 0 Å². The van der Waals surface area contributed by atoms with E-state index in [4.69, 9.17) is 13.6 Å². The molecule has 2 bridgehead atoms. The Balaban J connectivity index is 1.82. The van der Waals surface area contributed by atoms with Gasteiger partial charge in [-0.1, -0.05) is 0 Å². The monoisotopic (exact) mass is 282 g/mol. The zero-order valence-electron chi connectivity index (χ0n) is 10.7. The average Bonchev–Trinajstić information content (AvgIpc) is 2.30. The Morgan fingerprint density at radius 2 is 1.61 bits per heavy atom. The molecule has 18 heavy (non-hydrogen) atoms. The zero-order valence-corrected chi connectivity index (χ0v) is 11.6. The molecular weight excluding hydrogens is 259 g/mol. The summed E-state index contributed by atoms with van der Waals surface area (Å²) in [5.74, 6) is -1.46. The van der Waals surface area contributed by atoms with Crippen molar-refractivity contribution in [2.45, 2.75) is 45.0 Å². The van der Waals surface area contributed by atoms with E-state index in [9.17, 15) is 15.3 Å². The third kappa shape index (κ3) is 2.00. The van der Waals surface area contributed by atoms with Crippen LogP contribution < -0.4 is 0 Å². The van der Waals surface area contributed by atoms with Crippen LogP contribution in [0.15, 0.2) is 0 Å². The number of rotatable bonds is 9. The minimum absolute atomic E-state index is 0.0878. The van der Waals surface area contributed by atoms with Gasteiger partial charge >= 0.3 is 106 Å². The second-order valence-electron chi connectivity index (χ2n) is 5.11. The molecule has 3 heterocycles. The molecule has 1 unspecified atom stereocenters. The topological polar surface area (TPSA) is 88.4 Å². The molecule has 0 spiro atoms. The van der Waals surface area contributed by atoms with Gasteiger partial charge in [-0.05, 0) is 0 Å². The van der Waals surface area contributed by atoms with Crippen molar-refractivity contribution in [1.29, 1.82) is 0 Å². The van der Waals surface area contributed by atoms with Gasteiger partial charge < -0.3 is 0 Å². The van der Waals surface area contributed by atoms with Crippen LogP contribution in [0, 0.1) is 5.92 Å². The van der Waals surface area contributed by atoms with Crippen LogP contribution in [0.3, 0.4) is 0 Å². The second kappa shape index (κ2) is 4.94. The number of hydrogen-bond acceptors (Lipinski definition) is 6. The fourth-order valence-electron chi connectivity index (χ4n) is 2.51. The molecular formula is C11H23O6P. The van der Waals surface area contributed by atoms with Crippen LogP contribution in [-0.4, -0.2) is 40.6 Å². The quantitative estimate of drug-likeness (QED) is 0.438. The van der Waals surface area contributed by atoms with E-state index in [-0.39, 0.29) is 12.5 Å². The molecule has 7 heteroatoms. The molecule has 0 aliphatic carbocycles. The normalized spacial score (nSPS) is 34.8. The third-order valence-electron chi connectivity index (χ3n) is 3.67. The molecule has 1 atom stereocenters. The van der Waals surface area contributed by atoms with E-state index in [2.05, 4.69) is 6.92 Å². The molecule has 0 amide bonds. The Kier molecular flexibility index (Phi) is 4.01. The molecule has 0 aromatic carbocycles. The predicted octanol–water partition coefficient (Wildman–Crippen LogP) is 1.49. The zero-order chi connectivity index (χ0) is 13.3. The van der Waals surface area contributed by atoms with Crippen LogP contribution in [0.5, 0.6) is 0 Å². The first-order valence-corrected chi connectivity index (χ1v) is 8.91. The van der Waals surface area contributed by atoms with Gasteiger partial charge in [0.1, 0.15) is 0 Å². The Morgan fingerprint density at radius 3 is 2.06 bits per heavy atom. The van der Waals surface area contributed by atoms with Gasteiger partial charge in [0.05, 0.1) is 0 Å². The first kappa shape index (κ1) is 14.6. The van der Waals surface area contributed by atoms with Gasteiger partial charge in [0.25, 0.3) is 0 Å². The summed E-state index contributed by atoms with van der Waals surface area (Å²) in [6.07, 6.45) is 4.29. The Morgan fingerprint density at radius 1 is 1.00 bits per heavy atom. The number of unbranched alkanes of at least 4 members (excludes halogenated alkanes) is 3. The van der Waals surface area contributed by atoms with E-state index < -0.39 is 26.0 Å². The molecule has 0 aromatic heterocycles. The summed E-state index contributed by atoms with van der Waals surface area (Å²) < 4.78 is 16.6. The summed E-state index contributed by atoms with van der Waals surface area (Å²) in [5, 5.41) is 27.8. The molecule has 3 fully saturated rings. The van der Waals surface area contributed by atoms with Crippen LogP contribution in [0.25, 0.3) is 0 Å². The molecule has 0 aromatic rings. The summed E-state index contributed by atoms with van der Waals surface area (Å²) in [6, 6.07) is 0. The van der Waals surface area contributed by atoms with Crippen LogP contribution in [0.1, 0.15) is 39.0 Å². The van der Waals surface area contributed by atoms with Gasteiger partial charge in [-0.15, -0.1) is 0 Å². The minimum atomic E-state index is -3.52. The van der Waals surface area contributed by atoms with E-state index in [0.29, 0.717) is 0 Å². The molecule has 3 N–H and O–H groups in total. The molecule has 108 valence electrons. The molecule has 3 aliphatic rings. The summed E-state index contributed by atoms with van der Waals surface area (Å²) in [5.41, 5.74) is 0. The average molecular weight is 282 g/mol. The summed E-state index contributed by atoms with van der Waals surface area (Å²) in [7, 11) is -3.52. The van der Waals surface area contributed by atoms with Crippen molar-refractivity contribution in [3.8, 4) is 0 Å². The molecule has 3 saturated heterocycles. The van der Waals surface area contributed by atoms with E-state index in [1.165, 1.54) is 6.42 Å². The van der Waals surface area contributed by atoms with Crippen molar-refractivity contribution >= 4 is 7.28 Å². The fraction of sp³-hybridized carbons (Fsp3) is 1.00. The standard InChI is InChI=1S/C11H23O6P/c1-2-3-4-5-6-10(7-12)11-15-18(8-13,9-14,16-11)17-11/h10,12-14H,2-9H2,1H3. The number of aliphatic hydroxyl groups excluding tert-OH is 3. The number of aliphatic hydroxyl groups is 3. The Bertz CT molecular complexity index is 279. The van der Waals surface area contributed by atoms with Gasteiger partial charge in [0.15, 0.2) is 0 Å². The molecule has 0 saturated carbocycles. The molecule has 3 rings (SSSR count). The third-order valence-corrected chi connectivity index (χ3v) is 6.74. The summed E-state index contributed by atoms with van der Waals surface area (Å²) >= 11 is 0. The van der Waals surface area contributed by atoms with E-state index in [1.807, 2.05) is 0 Å². The van der Waals surface area contributed by atoms with Crippen LogP contribution in [0.2, 0.25) is 0 Å². The molecule has 6 nitrogen and oxygen atoms in total. The maximum atomic E-state index is 9.37. The van der Waals surface area contributed by atoms with Crippen LogP contribution >= 0.6 is 7.28 Å². The van der Waals surface area contributed by atoms with E-state index >= 15 is 0 Å². The predicted molar refractivity (Wildman–Crippen MR) is 66.4 cm³/mol. The van der Waals surface area contributed by atoms with Crippen molar-refractivity contribution in [2.75, 3.05) is 19.3 Å². The van der Waals surface area contributed by atoms with Crippen LogP contribution in [0.4, 0.5) is 0 Å². The summed E-state index contributed by atoms with van der Waals surface area (Å²) in [6.45, 7) is 2.05. The number of hydrogen-bond donors (Lipinski definition) is 3. The SMILES string of the molecule is CCCCCCC(CO)C12OP(CO)(CO)(O1)O2. The van der Waals surface area contributed by atoms with Gasteiger partial charge in [0.2, 0.25) is 0 Å².